The molecule has 17 heavy (non-hydrogen) atoms. The highest BCUT2D eigenvalue weighted by molar-refractivity contribution is 9.11. The van der Waals surface area contributed by atoms with Gasteiger partial charge >= 0.3 is 0 Å². The van der Waals surface area contributed by atoms with Crippen molar-refractivity contribution in [3.05, 3.63) is 51.2 Å². The Labute approximate surface area is 118 Å². The minimum atomic E-state index is 0.828. The van der Waals surface area contributed by atoms with Crippen LogP contribution in [0.1, 0.15) is 12.5 Å². The first-order chi connectivity index (χ1) is 8.20. The summed E-state index contributed by atoms with van der Waals surface area (Å²) in [5, 5.41) is 3.43. The van der Waals surface area contributed by atoms with Crippen molar-refractivity contribution in [2.75, 3.05) is 5.32 Å². The van der Waals surface area contributed by atoms with E-state index in [-0.39, 0.29) is 0 Å². The van der Waals surface area contributed by atoms with Gasteiger partial charge in [0.2, 0.25) is 0 Å². The highest BCUT2D eigenvalue weighted by Crippen LogP contribution is 2.30. The van der Waals surface area contributed by atoms with Crippen molar-refractivity contribution in [3.63, 3.8) is 0 Å². The zero-order valence-electron chi connectivity index (χ0n) is 9.58. The molecule has 0 bridgehead atoms. The Kier molecular flexibility index (Phi) is 4.29. The zero-order valence-corrected chi connectivity index (χ0v) is 12.8. The summed E-state index contributed by atoms with van der Waals surface area (Å²) in [7, 11) is 0. The summed E-state index contributed by atoms with van der Waals surface area (Å²) in [6.07, 6.45) is 4.27. The minimum absolute atomic E-state index is 0.828. The van der Waals surface area contributed by atoms with Gasteiger partial charge in [0, 0.05) is 34.4 Å². The van der Waals surface area contributed by atoms with Crippen LogP contribution in [0.5, 0.6) is 0 Å². The molecular formula is C13H14Br2N2. The molecule has 1 N–H and O–H groups in total. The number of nitrogens with zero attached hydrogens (tertiary/aromatic N) is 1. The third-order valence-electron chi connectivity index (χ3n) is 2.61. The normalized spacial score (nSPS) is 10.5. The molecule has 0 aliphatic rings. The molecule has 2 aromatic rings. The maximum atomic E-state index is 3.54. The van der Waals surface area contributed by atoms with Gasteiger partial charge in [0.1, 0.15) is 0 Å². The van der Waals surface area contributed by atoms with Gasteiger partial charge in [-0.05, 0) is 62.5 Å². The highest BCUT2D eigenvalue weighted by Gasteiger charge is 2.04. The Bertz CT molecular complexity index is 486. The molecule has 0 aliphatic carbocycles. The lowest BCUT2D eigenvalue weighted by Crippen LogP contribution is -2.00. The number of rotatable bonds is 4. The van der Waals surface area contributed by atoms with Crippen LogP contribution in [-0.4, -0.2) is 4.57 Å². The molecule has 2 rings (SSSR count). The van der Waals surface area contributed by atoms with E-state index >= 15 is 0 Å². The van der Waals surface area contributed by atoms with Gasteiger partial charge in [-0.3, -0.25) is 0 Å². The van der Waals surface area contributed by atoms with Crippen LogP contribution in [0.15, 0.2) is 45.6 Å². The van der Waals surface area contributed by atoms with E-state index in [4.69, 9.17) is 0 Å². The topological polar surface area (TPSA) is 17.0 Å². The van der Waals surface area contributed by atoms with Crippen LogP contribution in [0, 0.1) is 0 Å². The molecule has 0 aliphatic heterocycles. The van der Waals surface area contributed by atoms with Gasteiger partial charge in [-0.25, -0.2) is 0 Å². The monoisotopic (exact) mass is 356 g/mol. The van der Waals surface area contributed by atoms with Gasteiger partial charge in [0.25, 0.3) is 0 Å². The van der Waals surface area contributed by atoms with Crippen molar-refractivity contribution >= 4 is 37.5 Å². The largest absolute Gasteiger partial charge is 0.379 e. The lowest BCUT2D eigenvalue weighted by molar-refractivity contribution is 0.766. The third-order valence-corrected chi connectivity index (χ3v) is 3.93. The molecule has 0 unspecified atom stereocenters. The number of nitrogens with one attached hydrogen (secondary N) is 1. The van der Waals surface area contributed by atoms with Gasteiger partial charge in [-0.2, -0.15) is 0 Å². The predicted molar refractivity (Wildman–Crippen MR) is 79.3 cm³/mol. The fourth-order valence-electron chi connectivity index (χ4n) is 1.65. The zero-order chi connectivity index (χ0) is 12.3. The molecule has 0 atom stereocenters. The second-order valence-electron chi connectivity index (χ2n) is 3.80. The van der Waals surface area contributed by atoms with Crippen molar-refractivity contribution in [1.29, 1.82) is 0 Å². The van der Waals surface area contributed by atoms with E-state index in [0.29, 0.717) is 0 Å². The quantitative estimate of drug-likeness (QED) is 0.842. The van der Waals surface area contributed by atoms with Crippen LogP contribution in [0.2, 0.25) is 0 Å². The molecule has 1 heterocycles. The van der Waals surface area contributed by atoms with Gasteiger partial charge in [-0.15, -0.1) is 0 Å². The van der Waals surface area contributed by atoms with Crippen molar-refractivity contribution < 1.29 is 0 Å². The Morgan fingerprint density at radius 2 is 1.88 bits per heavy atom. The van der Waals surface area contributed by atoms with E-state index in [1.165, 1.54) is 5.56 Å². The molecular weight excluding hydrogens is 344 g/mol. The van der Waals surface area contributed by atoms with Gasteiger partial charge in [0.15, 0.2) is 0 Å². The lowest BCUT2D eigenvalue weighted by atomic mass is 10.3. The highest BCUT2D eigenvalue weighted by atomic mass is 79.9. The summed E-state index contributed by atoms with van der Waals surface area (Å²) in [6.45, 7) is 3.98. The summed E-state index contributed by atoms with van der Waals surface area (Å²) < 4.78 is 4.31. The standard InChI is InChI=1S/C13H14Br2N2/c1-2-17-7-6-10(9-17)8-16-13-11(14)4-3-5-12(13)15/h3-7,9,16H,2,8H2,1H3. The smallest absolute Gasteiger partial charge is 0.0631 e. The molecule has 1 aromatic heterocycles. The molecule has 4 heteroatoms. The molecule has 0 saturated heterocycles. The number of hydrogen-bond acceptors (Lipinski definition) is 1. The van der Waals surface area contributed by atoms with E-state index in [1.54, 1.807) is 0 Å². The lowest BCUT2D eigenvalue weighted by Gasteiger charge is -2.09. The first-order valence-electron chi connectivity index (χ1n) is 5.53. The number of anilines is 1. The van der Waals surface area contributed by atoms with E-state index in [0.717, 1.165) is 27.7 Å². The summed E-state index contributed by atoms with van der Waals surface area (Å²) in [4.78, 5) is 0. The van der Waals surface area contributed by atoms with Gasteiger partial charge in [0.05, 0.1) is 5.69 Å². The predicted octanol–water partition coefficient (Wildman–Crippen LogP) is 4.65. The van der Waals surface area contributed by atoms with Crippen LogP contribution >= 0.6 is 31.9 Å². The molecule has 0 amide bonds. The number of benzene rings is 1. The maximum absolute atomic E-state index is 3.54. The SMILES string of the molecule is CCn1ccc(CNc2c(Br)cccc2Br)c1. The first kappa shape index (κ1) is 12.7. The molecule has 0 fully saturated rings. The fourth-order valence-corrected chi connectivity index (χ4v) is 2.93. The summed E-state index contributed by atoms with van der Waals surface area (Å²) in [5.74, 6) is 0. The van der Waals surface area contributed by atoms with Crippen molar-refractivity contribution in [2.24, 2.45) is 0 Å². The maximum Gasteiger partial charge on any atom is 0.0631 e. The van der Waals surface area contributed by atoms with Crippen LogP contribution in [-0.2, 0) is 13.1 Å². The number of halogens is 2. The molecule has 0 saturated carbocycles. The van der Waals surface area contributed by atoms with E-state index in [1.807, 2.05) is 18.2 Å². The summed E-state index contributed by atoms with van der Waals surface area (Å²) in [6, 6.07) is 8.21. The van der Waals surface area contributed by atoms with Crippen molar-refractivity contribution in [2.45, 2.75) is 20.0 Å². The van der Waals surface area contributed by atoms with Gasteiger partial charge < -0.3 is 9.88 Å². The molecule has 2 nitrogen and oxygen atoms in total. The number of para-hydroxylation sites is 1. The number of aryl methyl sites for hydroxylation is 1. The second-order valence-corrected chi connectivity index (χ2v) is 5.51. The minimum Gasteiger partial charge on any atom is -0.379 e. The van der Waals surface area contributed by atoms with E-state index in [2.05, 4.69) is 67.1 Å². The average molecular weight is 358 g/mol. The summed E-state index contributed by atoms with van der Waals surface area (Å²) in [5.41, 5.74) is 2.38. The van der Waals surface area contributed by atoms with Crippen LogP contribution in [0.25, 0.3) is 0 Å². The number of aromatic nitrogens is 1. The van der Waals surface area contributed by atoms with Crippen molar-refractivity contribution in [1.82, 2.24) is 4.57 Å². The van der Waals surface area contributed by atoms with Crippen LogP contribution in [0.3, 0.4) is 0 Å². The number of hydrogen-bond donors (Lipinski definition) is 1. The molecule has 0 spiro atoms. The fraction of sp³-hybridized carbons (Fsp3) is 0.231. The van der Waals surface area contributed by atoms with Crippen molar-refractivity contribution in [3.8, 4) is 0 Å². The molecule has 0 radical (unpaired) electrons. The van der Waals surface area contributed by atoms with E-state index in [9.17, 15) is 0 Å². The molecule has 90 valence electrons. The Balaban J connectivity index is 2.07. The summed E-state index contributed by atoms with van der Waals surface area (Å²) >= 11 is 7.08. The van der Waals surface area contributed by atoms with Gasteiger partial charge in [-0.1, -0.05) is 6.07 Å². The first-order valence-corrected chi connectivity index (χ1v) is 7.12. The van der Waals surface area contributed by atoms with Crippen LogP contribution < -0.4 is 5.32 Å². The Hall–Kier alpha value is -0.740. The molecule has 1 aromatic carbocycles. The third kappa shape index (κ3) is 3.13. The second kappa shape index (κ2) is 5.74. The Morgan fingerprint density at radius 3 is 2.47 bits per heavy atom. The Morgan fingerprint density at radius 1 is 1.18 bits per heavy atom. The average Bonchev–Trinajstić information content (AvgIpc) is 2.76. The van der Waals surface area contributed by atoms with Crippen LogP contribution in [0.4, 0.5) is 5.69 Å². The van der Waals surface area contributed by atoms with E-state index < -0.39 is 0 Å².